The molecule has 0 unspecified atom stereocenters. The van der Waals surface area contributed by atoms with Crippen LogP contribution >= 0.6 is 12.2 Å². The molecule has 2 heterocycles. The first-order chi connectivity index (χ1) is 17.0. The minimum Gasteiger partial charge on any atom is -0.493 e. The molecule has 0 aliphatic rings. The first kappa shape index (κ1) is 24.3. The summed E-state index contributed by atoms with van der Waals surface area (Å²) in [6.45, 7) is 2.98. The van der Waals surface area contributed by atoms with Gasteiger partial charge < -0.3 is 29.4 Å². The van der Waals surface area contributed by atoms with Crippen molar-refractivity contribution in [2.75, 3.05) is 32.0 Å². The van der Waals surface area contributed by atoms with Crippen LogP contribution in [0.2, 0.25) is 0 Å². The Morgan fingerprint density at radius 2 is 1.74 bits per heavy atom. The van der Waals surface area contributed by atoms with Gasteiger partial charge in [0.2, 0.25) is 5.75 Å². The summed E-state index contributed by atoms with van der Waals surface area (Å²) in [5, 5.41) is 8.69. The Balaban J connectivity index is 1.76. The van der Waals surface area contributed by atoms with Crippen LogP contribution in [0.25, 0.3) is 21.8 Å². The summed E-state index contributed by atoms with van der Waals surface area (Å²) in [6.07, 6.45) is 2.81. The third kappa shape index (κ3) is 4.72. The zero-order valence-corrected chi connectivity index (χ0v) is 21.0. The Morgan fingerprint density at radius 1 is 1.03 bits per heavy atom. The second kappa shape index (κ2) is 10.6. The molecule has 9 heteroatoms. The van der Waals surface area contributed by atoms with Crippen LogP contribution < -0.4 is 24.8 Å². The number of thiocarbonyl (C=S) groups is 1. The number of carbonyl (C=O) groups is 1. The topological polar surface area (TPSA) is 86.6 Å². The van der Waals surface area contributed by atoms with Gasteiger partial charge in [-0.3, -0.25) is 4.79 Å². The molecule has 0 saturated carbocycles. The number of fused-ring (bicyclic) bond motifs is 3. The van der Waals surface area contributed by atoms with Crippen molar-refractivity contribution in [2.45, 2.75) is 26.3 Å². The number of aldehydes is 1. The molecule has 2 N–H and O–H groups in total. The van der Waals surface area contributed by atoms with Crippen LogP contribution in [0.1, 0.15) is 30.3 Å². The number of nitrogens with zero attached hydrogens (tertiary/aromatic N) is 2. The number of nitrogens with one attached hydrogen (secondary N) is 2. The van der Waals surface area contributed by atoms with Gasteiger partial charge in [0, 0.05) is 40.7 Å². The van der Waals surface area contributed by atoms with E-state index in [4.69, 9.17) is 26.4 Å². The number of hydrogen-bond donors (Lipinski definition) is 2. The van der Waals surface area contributed by atoms with Crippen LogP contribution in [-0.4, -0.2) is 42.3 Å². The highest BCUT2D eigenvalue weighted by molar-refractivity contribution is 7.80. The summed E-state index contributed by atoms with van der Waals surface area (Å²) in [5.41, 5.74) is 2.96. The molecule has 35 heavy (non-hydrogen) atoms. The van der Waals surface area contributed by atoms with Crippen molar-refractivity contribution in [3.05, 3.63) is 48.2 Å². The molecule has 0 bridgehead atoms. The minimum atomic E-state index is 0.309. The number of aryl methyl sites for hydroxylation is 1. The van der Waals surface area contributed by atoms with E-state index in [-0.39, 0.29) is 0 Å². The Labute approximate surface area is 209 Å². The second-order valence-corrected chi connectivity index (χ2v) is 8.33. The lowest BCUT2D eigenvalue weighted by Gasteiger charge is -2.17. The number of unbranched alkanes of at least 4 members (excludes halogenated alkanes) is 1. The second-order valence-electron chi connectivity index (χ2n) is 7.93. The van der Waals surface area contributed by atoms with E-state index < -0.39 is 0 Å². The van der Waals surface area contributed by atoms with Crippen molar-refractivity contribution in [3.8, 4) is 17.2 Å². The Bertz CT molecular complexity index is 1370. The minimum absolute atomic E-state index is 0.309. The van der Waals surface area contributed by atoms with Gasteiger partial charge in [-0.25, -0.2) is 4.98 Å². The van der Waals surface area contributed by atoms with Crippen molar-refractivity contribution >= 4 is 56.9 Å². The zero-order valence-electron chi connectivity index (χ0n) is 20.2. The molecule has 0 aliphatic heterocycles. The first-order valence-corrected chi connectivity index (χ1v) is 11.7. The Kier molecular flexibility index (Phi) is 7.36. The fourth-order valence-corrected chi connectivity index (χ4v) is 4.43. The van der Waals surface area contributed by atoms with E-state index in [9.17, 15) is 4.79 Å². The Morgan fingerprint density at radius 3 is 2.37 bits per heavy atom. The van der Waals surface area contributed by atoms with Gasteiger partial charge in [-0.2, -0.15) is 0 Å². The molecular formula is C26H28N4O4S. The maximum absolute atomic E-state index is 11.7. The molecular weight excluding hydrogens is 464 g/mol. The summed E-state index contributed by atoms with van der Waals surface area (Å²) < 4.78 is 18.5. The van der Waals surface area contributed by atoms with Gasteiger partial charge in [0.15, 0.2) is 28.7 Å². The van der Waals surface area contributed by atoms with E-state index in [1.807, 2.05) is 18.2 Å². The lowest BCUT2D eigenvalue weighted by molar-refractivity contribution is 0.111. The number of benzene rings is 2. The molecule has 4 rings (SSSR count). The summed E-state index contributed by atoms with van der Waals surface area (Å²) in [6, 6.07) is 13.5. The summed E-state index contributed by atoms with van der Waals surface area (Å²) in [5.74, 6) is 2.00. The molecule has 2 aromatic carbocycles. The number of para-hydroxylation sites is 1. The first-order valence-electron chi connectivity index (χ1n) is 11.3. The van der Waals surface area contributed by atoms with Gasteiger partial charge in [-0.05, 0) is 30.8 Å². The van der Waals surface area contributed by atoms with Gasteiger partial charge in [-0.15, -0.1) is 0 Å². The molecule has 0 spiro atoms. The molecule has 0 amide bonds. The van der Waals surface area contributed by atoms with Crippen molar-refractivity contribution in [2.24, 2.45) is 0 Å². The number of carbonyl (C=O) groups excluding carboxylic acids is 1. The maximum atomic E-state index is 11.7. The quantitative estimate of drug-likeness (QED) is 0.229. The van der Waals surface area contributed by atoms with Crippen LogP contribution in [0.5, 0.6) is 17.2 Å². The van der Waals surface area contributed by atoms with Gasteiger partial charge >= 0.3 is 0 Å². The predicted octanol–water partition coefficient (Wildman–Crippen LogP) is 5.64. The van der Waals surface area contributed by atoms with Crippen LogP contribution in [-0.2, 0) is 6.54 Å². The van der Waals surface area contributed by atoms with E-state index in [1.165, 1.54) is 0 Å². The van der Waals surface area contributed by atoms with Gasteiger partial charge in [-0.1, -0.05) is 31.5 Å². The lowest BCUT2D eigenvalue weighted by Crippen LogP contribution is -2.21. The number of methoxy groups -OCH3 is 3. The van der Waals surface area contributed by atoms with Crippen molar-refractivity contribution < 1.29 is 19.0 Å². The number of pyridine rings is 1. The smallest absolute Gasteiger partial charge is 0.203 e. The maximum Gasteiger partial charge on any atom is 0.203 e. The highest BCUT2D eigenvalue weighted by Gasteiger charge is 2.18. The number of rotatable bonds is 9. The van der Waals surface area contributed by atoms with E-state index in [0.29, 0.717) is 39.6 Å². The number of anilines is 2. The molecule has 182 valence electrons. The molecule has 0 aliphatic carbocycles. The van der Waals surface area contributed by atoms with Crippen LogP contribution in [0.15, 0.2) is 42.5 Å². The average Bonchev–Trinajstić information content (AvgIpc) is 3.20. The lowest BCUT2D eigenvalue weighted by atomic mass is 10.1. The average molecular weight is 493 g/mol. The summed E-state index contributed by atoms with van der Waals surface area (Å²) in [7, 11) is 4.66. The standard InChI is InChI=1S/C26H28N4O4S/c1-5-6-11-30-20-10-8-7-9-18(20)19-12-17(15-31)27-25(23(19)30)29-26(35)28-16-13-21(32-2)24(34-4)22(14-16)33-3/h7-10,12-15H,5-6,11H2,1-4H3,(H2,27,28,29,35). The number of ether oxygens (including phenoxy) is 3. The monoisotopic (exact) mass is 492 g/mol. The SMILES string of the molecule is CCCCn1c2ccccc2c2cc(C=O)nc(NC(=S)Nc3cc(OC)c(OC)c(OC)c3)c21. The normalized spacial score (nSPS) is 10.9. The molecule has 2 aromatic heterocycles. The van der Waals surface area contributed by atoms with E-state index in [1.54, 1.807) is 33.5 Å². The van der Waals surface area contributed by atoms with Crippen molar-refractivity contribution in [1.29, 1.82) is 0 Å². The fraction of sp³-hybridized carbons (Fsp3) is 0.269. The van der Waals surface area contributed by atoms with E-state index in [0.717, 1.165) is 47.5 Å². The largest absolute Gasteiger partial charge is 0.493 e. The highest BCUT2D eigenvalue weighted by Crippen LogP contribution is 2.40. The fourth-order valence-electron chi connectivity index (χ4n) is 4.21. The molecule has 0 fully saturated rings. The van der Waals surface area contributed by atoms with Crippen molar-refractivity contribution in [3.63, 3.8) is 0 Å². The van der Waals surface area contributed by atoms with E-state index >= 15 is 0 Å². The molecule has 0 radical (unpaired) electrons. The van der Waals surface area contributed by atoms with Crippen molar-refractivity contribution in [1.82, 2.24) is 9.55 Å². The molecule has 4 aromatic rings. The Hall–Kier alpha value is -3.85. The predicted molar refractivity (Wildman–Crippen MR) is 143 cm³/mol. The highest BCUT2D eigenvalue weighted by atomic mass is 32.1. The summed E-state index contributed by atoms with van der Waals surface area (Å²) in [4.78, 5) is 16.3. The number of hydrogen-bond acceptors (Lipinski definition) is 6. The molecule has 0 atom stereocenters. The molecule has 0 saturated heterocycles. The van der Waals surface area contributed by atoms with Crippen LogP contribution in [0.3, 0.4) is 0 Å². The summed E-state index contributed by atoms with van der Waals surface area (Å²) >= 11 is 5.62. The van der Waals surface area contributed by atoms with Gasteiger partial charge in [0.1, 0.15) is 5.69 Å². The van der Waals surface area contributed by atoms with Gasteiger partial charge in [0.25, 0.3) is 0 Å². The third-order valence-corrected chi connectivity index (χ3v) is 5.98. The molecule has 8 nitrogen and oxygen atoms in total. The van der Waals surface area contributed by atoms with Crippen LogP contribution in [0.4, 0.5) is 11.5 Å². The number of aromatic nitrogens is 2. The zero-order chi connectivity index (χ0) is 24.9. The van der Waals surface area contributed by atoms with Crippen LogP contribution in [0, 0.1) is 0 Å². The van der Waals surface area contributed by atoms with Gasteiger partial charge in [0.05, 0.1) is 26.8 Å². The van der Waals surface area contributed by atoms with E-state index in [2.05, 4.69) is 39.2 Å². The third-order valence-electron chi connectivity index (χ3n) is 5.78.